The Labute approximate surface area is 92.6 Å². The molecule has 0 atom stereocenters. The van der Waals surface area contributed by atoms with E-state index in [9.17, 15) is 4.79 Å². The zero-order chi connectivity index (χ0) is 11.4. The molecule has 0 bridgehead atoms. The van der Waals surface area contributed by atoms with Crippen LogP contribution < -0.4 is 0 Å². The maximum atomic E-state index is 11.7. The van der Waals surface area contributed by atoms with E-state index >= 15 is 0 Å². The number of Topliss-reactive ketones (excluding diaryl/α,β-unsaturated/α-hetero) is 1. The summed E-state index contributed by atoms with van der Waals surface area (Å²) in [5, 5.41) is 9.10. The lowest BCUT2D eigenvalue weighted by atomic mass is 10.1. The molecule has 1 heterocycles. The third kappa shape index (κ3) is 2.42. The van der Waals surface area contributed by atoms with Crippen molar-refractivity contribution in [3.8, 4) is 5.75 Å². The molecule has 0 saturated carbocycles. The second-order valence-electron chi connectivity index (χ2n) is 3.34. The lowest BCUT2D eigenvalue weighted by Crippen LogP contribution is -2.07. The van der Waals surface area contributed by atoms with Crippen LogP contribution >= 0.6 is 0 Å². The predicted octanol–water partition coefficient (Wildman–Crippen LogP) is 1.61. The highest BCUT2D eigenvalue weighted by Crippen LogP contribution is 2.11. The molecule has 0 aliphatic carbocycles. The van der Waals surface area contributed by atoms with Crippen molar-refractivity contribution in [2.45, 2.75) is 6.42 Å². The van der Waals surface area contributed by atoms with Gasteiger partial charge in [0.1, 0.15) is 5.75 Å². The number of phenolic OH excluding ortho intramolecular Hbond substituents is 1. The Morgan fingerprint density at radius 1 is 1.12 bits per heavy atom. The fourth-order valence-electron chi connectivity index (χ4n) is 1.32. The van der Waals surface area contributed by atoms with Crippen LogP contribution in [-0.4, -0.2) is 20.9 Å². The maximum Gasteiger partial charge on any atom is 0.204 e. The van der Waals surface area contributed by atoms with Crippen molar-refractivity contribution in [3.63, 3.8) is 0 Å². The van der Waals surface area contributed by atoms with Gasteiger partial charge >= 0.3 is 0 Å². The molecular weight excluding hydrogens is 204 g/mol. The zero-order valence-corrected chi connectivity index (χ0v) is 8.50. The molecular formula is C12H10N2O2. The fourth-order valence-corrected chi connectivity index (χ4v) is 1.32. The number of hydrogen-bond acceptors (Lipinski definition) is 4. The first-order valence-corrected chi connectivity index (χ1v) is 4.84. The molecule has 0 unspecified atom stereocenters. The summed E-state index contributed by atoms with van der Waals surface area (Å²) in [7, 11) is 0. The number of ketones is 1. The van der Waals surface area contributed by atoms with Gasteiger partial charge in [-0.15, -0.1) is 0 Å². The van der Waals surface area contributed by atoms with Crippen molar-refractivity contribution in [3.05, 3.63) is 54.1 Å². The normalized spacial score (nSPS) is 10.0. The van der Waals surface area contributed by atoms with Crippen molar-refractivity contribution in [1.29, 1.82) is 0 Å². The van der Waals surface area contributed by atoms with E-state index in [2.05, 4.69) is 9.97 Å². The number of hydrogen-bond donors (Lipinski definition) is 1. The molecule has 0 saturated heterocycles. The van der Waals surface area contributed by atoms with E-state index in [0.29, 0.717) is 0 Å². The second kappa shape index (κ2) is 4.53. The summed E-state index contributed by atoms with van der Waals surface area (Å²) in [4.78, 5) is 19.5. The van der Waals surface area contributed by atoms with Crippen LogP contribution in [0.3, 0.4) is 0 Å². The van der Waals surface area contributed by atoms with Crippen LogP contribution in [0.25, 0.3) is 0 Å². The Morgan fingerprint density at radius 3 is 2.38 bits per heavy atom. The van der Waals surface area contributed by atoms with Gasteiger partial charge in [-0.05, 0) is 23.8 Å². The molecule has 16 heavy (non-hydrogen) atoms. The number of aromatic hydroxyl groups is 1. The highest BCUT2D eigenvalue weighted by atomic mass is 16.3. The number of aromatic nitrogens is 2. The first-order valence-electron chi connectivity index (χ1n) is 4.84. The Kier molecular flexibility index (Phi) is 2.91. The second-order valence-corrected chi connectivity index (χ2v) is 3.34. The minimum Gasteiger partial charge on any atom is -0.508 e. The van der Waals surface area contributed by atoms with Crippen LogP contribution in [0.5, 0.6) is 5.75 Å². The van der Waals surface area contributed by atoms with Gasteiger partial charge in [-0.2, -0.15) is 0 Å². The Hall–Kier alpha value is -2.23. The number of benzene rings is 1. The van der Waals surface area contributed by atoms with Crippen LogP contribution in [0.2, 0.25) is 0 Å². The molecule has 0 amide bonds. The van der Waals surface area contributed by atoms with Crippen molar-refractivity contribution < 1.29 is 9.90 Å². The molecule has 4 nitrogen and oxygen atoms in total. The summed E-state index contributed by atoms with van der Waals surface area (Å²) in [6.07, 6.45) is 3.32. The third-order valence-electron chi connectivity index (χ3n) is 2.12. The lowest BCUT2D eigenvalue weighted by molar-refractivity contribution is 0.0983. The topological polar surface area (TPSA) is 63.1 Å². The van der Waals surface area contributed by atoms with E-state index in [1.807, 2.05) is 0 Å². The average molecular weight is 214 g/mol. The van der Waals surface area contributed by atoms with Gasteiger partial charge in [0.2, 0.25) is 5.78 Å². The van der Waals surface area contributed by atoms with Gasteiger partial charge in [-0.3, -0.25) is 4.79 Å². The monoisotopic (exact) mass is 214 g/mol. The molecule has 0 aliphatic heterocycles. The van der Waals surface area contributed by atoms with Gasteiger partial charge < -0.3 is 5.11 Å². The molecule has 1 aromatic heterocycles. The lowest BCUT2D eigenvalue weighted by Gasteiger charge is -2.00. The average Bonchev–Trinajstić information content (AvgIpc) is 2.33. The van der Waals surface area contributed by atoms with E-state index in [4.69, 9.17) is 5.11 Å². The highest BCUT2D eigenvalue weighted by Gasteiger charge is 2.08. The van der Waals surface area contributed by atoms with Gasteiger partial charge in [-0.25, -0.2) is 9.97 Å². The Balaban J connectivity index is 2.11. The predicted molar refractivity (Wildman–Crippen MR) is 58.2 cm³/mol. The number of nitrogens with zero attached hydrogens (tertiary/aromatic N) is 2. The van der Waals surface area contributed by atoms with Gasteiger partial charge in [0.25, 0.3) is 0 Å². The first-order chi connectivity index (χ1) is 7.75. The fraction of sp³-hybridized carbons (Fsp3) is 0.0833. The molecule has 0 aliphatic rings. The van der Waals surface area contributed by atoms with E-state index in [-0.39, 0.29) is 23.8 Å². The summed E-state index contributed by atoms with van der Waals surface area (Å²) in [5.74, 6) is 0.272. The number of carbonyl (C=O) groups is 1. The smallest absolute Gasteiger partial charge is 0.204 e. The number of rotatable bonds is 3. The van der Waals surface area contributed by atoms with Gasteiger partial charge in [-0.1, -0.05) is 12.1 Å². The quantitative estimate of drug-likeness (QED) is 0.788. The van der Waals surface area contributed by atoms with Crippen molar-refractivity contribution in [2.24, 2.45) is 0 Å². The van der Waals surface area contributed by atoms with E-state index in [1.54, 1.807) is 30.3 Å². The molecule has 0 radical (unpaired) electrons. The Bertz CT molecular complexity index is 480. The summed E-state index contributed by atoms with van der Waals surface area (Å²) >= 11 is 0. The molecule has 4 heteroatoms. The minimum absolute atomic E-state index is 0.133. The SMILES string of the molecule is O=C(Cc1ccc(O)cc1)c1ncccn1. The summed E-state index contributed by atoms with van der Waals surface area (Å²) in [6.45, 7) is 0. The summed E-state index contributed by atoms with van der Waals surface area (Å²) < 4.78 is 0. The highest BCUT2D eigenvalue weighted by molar-refractivity contribution is 5.93. The summed E-state index contributed by atoms with van der Waals surface area (Å²) in [6, 6.07) is 8.17. The molecule has 1 N–H and O–H groups in total. The number of phenols is 1. The summed E-state index contributed by atoms with van der Waals surface area (Å²) in [5.41, 5.74) is 0.829. The van der Waals surface area contributed by atoms with E-state index in [0.717, 1.165) is 5.56 Å². The van der Waals surface area contributed by atoms with Crippen molar-refractivity contribution in [1.82, 2.24) is 9.97 Å². The largest absolute Gasteiger partial charge is 0.508 e. The third-order valence-corrected chi connectivity index (χ3v) is 2.12. The first kappa shape index (κ1) is 10.3. The van der Waals surface area contributed by atoms with Gasteiger partial charge in [0.05, 0.1) is 0 Å². The van der Waals surface area contributed by atoms with Crippen LogP contribution in [0.15, 0.2) is 42.7 Å². The van der Waals surface area contributed by atoms with Crippen LogP contribution in [0.4, 0.5) is 0 Å². The van der Waals surface area contributed by atoms with Crippen LogP contribution in [0, 0.1) is 0 Å². The molecule has 2 rings (SSSR count). The standard InChI is InChI=1S/C12H10N2O2/c15-10-4-2-9(3-5-10)8-11(16)12-13-6-1-7-14-12/h1-7,15H,8H2. The molecule has 0 fully saturated rings. The maximum absolute atomic E-state index is 11.7. The van der Waals surface area contributed by atoms with Crippen LogP contribution in [-0.2, 0) is 6.42 Å². The molecule has 0 spiro atoms. The molecule has 80 valence electrons. The van der Waals surface area contributed by atoms with Gasteiger partial charge in [0, 0.05) is 18.8 Å². The molecule has 1 aromatic carbocycles. The minimum atomic E-state index is -0.133. The molecule has 2 aromatic rings. The van der Waals surface area contributed by atoms with E-state index < -0.39 is 0 Å². The van der Waals surface area contributed by atoms with Crippen LogP contribution in [0.1, 0.15) is 16.2 Å². The Morgan fingerprint density at radius 2 is 1.75 bits per heavy atom. The van der Waals surface area contributed by atoms with Crippen molar-refractivity contribution >= 4 is 5.78 Å². The van der Waals surface area contributed by atoms with Gasteiger partial charge in [0.15, 0.2) is 5.82 Å². The number of carbonyl (C=O) groups excluding carboxylic acids is 1. The van der Waals surface area contributed by atoms with Crippen molar-refractivity contribution in [2.75, 3.05) is 0 Å². The zero-order valence-electron chi connectivity index (χ0n) is 8.50. The van der Waals surface area contributed by atoms with E-state index in [1.165, 1.54) is 12.4 Å².